The molecular weight excluding hydrogens is 375 g/mol. The Labute approximate surface area is 162 Å². The fourth-order valence-electron chi connectivity index (χ4n) is 2.64. The van der Waals surface area contributed by atoms with Crippen LogP contribution in [-0.2, 0) is 16.1 Å². The number of nitrogens with zero attached hydrogens (tertiary/aromatic N) is 1. The number of hydrogen-bond donors (Lipinski definition) is 1. The molecule has 2 aromatic rings. The molecule has 0 saturated carbocycles. The number of benzene rings is 2. The minimum Gasteiger partial charge on any atom is -0.482 e. The largest absolute Gasteiger partial charge is 0.482 e. The molecule has 1 amide bonds. The molecule has 1 aliphatic heterocycles. The van der Waals surface area contributed by atoms with Crippen molar-refractivity contribution in [1.82, 2.24) is 4.90 Å². The van der Waals surface area contributed by atoms with Crippen LogP contribution in [0.1, 0.15) is 5.56 Å². The molecule has 1 saturated heterocycles. The molecule has 0 bridgehead atoms. The Morgan fingerprint density at radius 2 is 1.85 bits per heavy atom. The van der Waals surface area contributed by atoms with E-state index >= 15 is 0 Å². The van der Waals surface area contributed by atoms with Gasteiger partial charge < -0.3 is 14.8 Å². The molecule has 0 unspecified atom stereocenters. The van der Waals surface area contributed by atoms with Crippen molar-refractivity contribution in [2.75, 3.05) is 38.2 Å². The summed E-state index contributed by atoms with van der Waals surface area (Å²) in [6.07, 6.45) is 0. The lowest BCUT2D eigenvalue weighted by atomic mass is 10.2. The van der Waals surface area contributed by atoms with E-state index in [-0.39, 0.29) is 12.5 Å². The van der Waals surface area contributed by atoms with Gasteiger partial charge in [0.1, 0.15) is 5.75 Å². The minimum atomic E-state index is -0.262. The number of morpholine rings is 1. The van der Waals surface area contributed by atoms with Gasteiger partial charge in [0.2, 0.25) is 0 Å². The maximum atomic E-state index is 12.0. The maximum Gasteiger partial charge on any atom is 0.262 e. The third-order valence-electron chi connectivity index (χ3n) is 4.00. The van der Waals surface area contributed by atoms with Crippen LogP contribution < -0.4 is 10.1 Å². The van der Waals surface area contributed by atoms with Gasteiger partial charge in [-0.25, -0.2) is 0 Å². The van der Waals surface area contributed by atoms with Crippen LogP contribution in [0.25, 0.3) is 0 Å². The Kier molecular flexibility index (Phi) is 6.74. The highest BCUT2D eigenvalue weighted by atomic mass is 35.5. The standard InChI is InChI=1S/C19H20Cl2N2O3/c20-15-3-6-17(21)18(11-15)26-13-19(24)22-16-4-1-14(2-5-16)12-23-7-9-25-10-8-23/h1-6,11H,7-10,12-13H2,(H,22,24). The first-order valence-electron chi connectivity index (χ1n) is 8.37. The highest BCUT2D eigenvalue weighted by Crippen LogP contribution is 2.27. The van der Waals surface area contributed by atoms with Crippen molar-refractivity contribution >= 4 is 34.8 Å². The number of nitrogens with one attached hydrogen (secondary N) is 1. The fourth-order valence-corrected chi connectivity index (χ4v) is 2.97. The summed E-state index contributed by atoms with van der Waals surface area (Å²) in [7, 11) is 0. The number of ether oxygens (including phenoxy) is 2. The average molecular weight is 395 g/mol. The molecule has 1 fully saturated rings. The van der Waals surface area contributed by atoms with Crippen LogP contribution in [0.15, 0.2) is 42.5 Å². The number of hydrogen-bond acceptors (Lipinski definition) is 4. The summed E-state index contributed by atoms with van der Waals surface area (Å²) in [5, 5.41) is 3.72. The molecule has 0 spiro atoms. The average Bonchev–Trinajstić information content (AvgIpc) is 2.65. The van der Waals surface area contributed by atoms with Crippen LogP contribution in [0.2, 0.25) is 10.0 Å². The number of carbonyl (C=O) groups is 1. The van der Waals surface area contributed by atoms with Crippen molar-refractivity contribution in [1.29, 1.82) is 0 Å². The van der Waals surface area contributed by atoms with E-state index < -0.39 is 0 Å². The first-order valence-corrected chi connectivity index (χ1v) is 9.12. The molecule has 0 atom stereocenters. The number of carbonyl (C=O) groups excluding carboxylic acids is 1. The Morgan fingerprint density at radius 1 is 1.12 bits per heavy atom. The zero-order valence-corrected chi connectivity index (χ0v) is 15.7. The summed E-state index contributed by atoms with van der Waals surface area (Å²) < 4.78 is 10.8. The molecule has 1 aliphatic rings. The molecule has 26 heavy (non-hydrogen) atoms. The van der Waals surface area contributed by atoms with Gasteiger partial charge in [-0.2, -0.15) is 0 Å². The van der Waals surface area contributed by atoms with Crippen molar-refractivity contribution < 1.29 is 14.3 Å². The molecule has 5 nitrogen and oxygen atoms in total. The van der Waals surface area contributed by atoms with E-state index in [1.807, 2.05) is 24.3 Å². The van der Waals surface area contributed by atoms with Gasteiger partial charge in [-0.15, -0.1) is 0 Å². The zero-order valence-electron chi connectivity index (χ0n) is 14.2. The Hall–Kier alpha value is -1.79. The van der Waals surface area contributed by atoms with Crippen molar-refractivity contribution in [3.05, 3.63) is 58.1 Å². The summed E-state index contributed by atoms with van der Waals surface area (Å²) in [6.45, 7) is 4.20. The molecule has 2 aromatic carbocycles. The van der Waals surface area contributed by atoms with Crippen LogP contribution >= 0.6 is 23.2 Å². The van der Waals surface area contributed by atoms with Gasteiger partial charge in [0.05, 0.1) is 18.2 Å². The van der Waals surface area contributed by atoms with Crippen LogP contribution in [0, 0.1) is 0 Å². The summed E-state index contributed by atoms with van der Waals surface area (Å²) in [6, 6.07) is 12.7. The van der Waals surface area contributed by atoms with Gasteiger partial charge in [-0.1, -0.05) is 35.3 Å². The molecule has 7 heteroatoms. The van der Waals surface area contributed by atoms with Crippen molar-refractivity contribution in [2.24, 2.45) is 0 Å². The van der Waals surface area contributed by atoms with Crippen LogP contribution in [0.5, 0.6) is 5.75 Å². The van der Waals surface area contributed by atoms with Crippen LogP contribution in [-0.4, -0.2) is 43.7 Å². The van der Waals surface area contributed by atoms with Crippen molar-refractivity contribution in [3.63, 3.8) is 0 Å². The SMILES string of the molecule is O=C(COc1cc(Cl)ccc1Cl)Nc1ccc(CN2CCOCC2)cc1. The van der Waals surface area contributed by atoms with Crippen molar-refractivity contribution in [2.45, 2.75) is 6.54 Å². The number of amides is 1. The highest BCUT2D eigenvalue weighted by Gasteiger charge is 2.11. The monoisotopic (exact) mass is 394 g/mol. The smallest absolute Gasteiger partial charge is 0.262 e. The van der Waals surface area contributed by atoms with E-state index in [9.17, 15) is 4.79 Å². The summed E-state index contributed by atoms with van der Waals surface area (Å²) in [4.78, 5) is 14.4. The van der Waals surface area contributed by atoms with Gasteiger partial charge in [0.15, 0.2) is 6.61 Å². The first-order chi connectivity index (χ1) is 12.6. The Morgan fingerprint density at radius 3 is 2.58 bits per heavy atom. The van der Waals surface area contributed by atoms with Gasteiger partial charge in [-0.3, -0.25) is 9.69 Å². The predicted octanol–water partition coefficient (Wildman–Crippen LogP) is 3.84. The topological polar surface area (TPSA) is 50.8 Å². The van der Waals surface area contributed by atoms with Crippen molar-refractivity contribution in [3.8, 4) is 5.75 Å². The van der Waals surface area contributed by atoms with E-state index in [0.29, 0.717) is 15.8 Å². The number of rotatable bonds is 6. The normalized spacial score (nSPS) is 14.8. The quantitative estimate of drug-likeness (QED) is 0.808. The second-order valence-corrected chi connectivity index (χ2v) is 6.84. The van der Waals surface area contributed by atoms with E-state index in [1.165, 1.54) is 5.56 Å². The van der Waals surface area contributed by atoms with E-state index in [1.54, 1.807) is 18.2 Å². The van der Waals surface area contributed by atoms with Crippen LogP contribution in [0.4, 0.5) is 5.69 Å². The van der Waals surface area contributed by atoms with Gasteiger partial charge in [0, 0.05) is 36.4 Å². The molecule has 0 radical (unpaired) electrons. The third-order valence-corrected chi connectivity index (χ3v) is 4.55. The lowest BCUT2D eigenvalue weighted by Gasteiger charge is -2.26. The minimum absolute atomic E-state index is 0.143. The predicted molar refractivity (Wildman–Crippen MR) is 103 cm³/mol. The summed E-state index contributed by atoms with van der Waals surface area (Å²) in [5.41, 5.74) is 1.92. The second-order valence-electron chi connectivity index (χ2n) is 6.00. The number of anilines is 1. The maximum absolute atomic E-state index is 12.0. The van der Waals surface area contributed by atoms with E-state index in [4.69, 9.17) is 32.7 Å². The Balaban J connectivity index is 1.48. The summed E-state index contributed by atoms with van der Waals surface area (Å²) in [5.74, 6) is 0.122. The number of halogens is 2. The summed E-state index contributed by atoms with van der Waals surface area (Å²) >= 11 is 11.9. The van der Waals surface area contributed by atoms with Gasteiger partial charge in [0.25, 0.3) is 5.91 Å². The fraction of sp³-hybridized carbons (Fsp3) is 0.316. The highest BCUT2D eigenvalue weighted by molar-refractivity contribution is 6.34. The zero-order chi connectivity index (χ0) is 18.4. The van der Waals surface area contributed by atoms with E-state index in [2.05, 4.69) is 10.2 Å². The molecule has 3 rings (SSSR count). The van der Waals surface area contributed by atoms with Gasteiger partial charge in [-0.05, 0) is 29.8 Å². The molecular formula is C19H20Cl2N2O3. The molecule has 0 aromatic heterocycles. The second kappa shape index (κ2) is 9.24. The van der Waals surface area contributed by atoms with E-state index in [0.717, 1.165) is 38.5 Å². The molecule has 0 aliphatic carbocycles. The van der Waals surface area contributed by atoms with Crippen LogP contribution in [0.3, 0.4) is 0 Å². The molecule has 138 valence electrons. The lowest BCUT2D eigenvalue weighted by molar-refractivity contribution is -0.118. The van der Waals surface area contributed by atoms with Gasteiger partial charge >= 0.3 is 0 Å². The molecule has 1 heterocycles. The third kappa shape index (κ3) is 5.61. The first kappa shape index (κ1) is 19.0. The Bertz CT molecular complexity index is 747. The molecule has 1 N–H and O–H groups in total. The lowest BCUT2D eigenvalue weighted by Crippen LogP contribution is -2.35.